The average Bonchev–Trinajstić information content (AvgIpc) is 2.49. The first-order valence-electron chi connectivity index (χ1n) is 14.3. The van der Waals surface area contributed by atoms with E-state index in [1.54, 1.807) is 0 Å². The van der Waals surface area contributed by atoms with Gasteiger partial charge in [-0.25, -0.2) is 0 Å². The molecule has 0 aliphatic rings. The minimum Gasteiger partial charge on any atom is -0.389 e. The molecule has 0 unspecified atom stereocenters. The van der Waals surface area contributed by atoms with Crippen molar-refractivity contribution in [1.29, 1.82) is 0 Å². The molecule has 0 aromatic carbocycles. The van der Waals surface area contributed by atoms with Gasteiger partial charge >= 0.3 is 0 Å². The van der Waals surface area contributed by atoms with Crippen LogP contribution in [0.4, 0.5) is 0 Å². The van der Waals surface area contributed by atoms with E-state index in [9.17, 15) is 5.11 Å². The van der Waals surface area contributed by atoms with E-state index in [2.05, 4.69) is 152 Å². The Morgan fingerprint density at radius 3 is 0.629 bits per heavy atom. The quantitative estimate of drug-likeness (QED) is 0.401. The van der Waals surface area contributed by atoms with Gasteiger partial charge in [-0.2, -0.15) is 0 Å². The topological polar surface area (TPSA) is 20.2 Å². The van der Waals surface area contributed by atoms with Crippen molar-refractivity contribution in [2.24, 2.45) is 43.3 Å². The molecular formula is C34H74O. The van der Waals surface area contributed by atoms with Gasteiger partial charge in [0.05, 0.1) is 5.60 Å². The number of hydrogen-bond acceptors (Lipinski definition) is 1. The Balaban J connectivity index is -0.000000441. The van der Waals surface area contributed by atoms with Gasteiger partial charge in [0.1, 0.15) is 0 Å². The Morgan fingerprint density at radius 1 is 0.371 bits per heavy atom. The van der Waals surface area contributed by atoms with Gasteiger partial charge in [0.25, 0.3) is 0 Å². The first kappa shape index (κ1) is 39.5. The van der Waals surface area contributed by atoms with E-state index in [1.165, 1.54) is 12.8 Å². The Kier molecular flexibility index (Phi) is 13.3. The lowest BCUT2D eigenvalue weighted by Crippen LogP contribution is -2.50. The molecule has 1 heteroatoms. The van der Waals surface area contributed by atoms with Gasteiger partial charge in [0, 0.05) is 0 Å². The smallest absolute Gasteiger partial charge is 0.0715 e. The summed E-state index contributed by atoms with van der Waals surface area (Å²) in [4.78, 5) is 0. The Morgan fingerprint density at radius 2 is 0.600 bits per heavy atom. The summed E-state index contributed by atoms with van der Waals surface area (Å²) in [5, 5.41) is 10.2. The summed E-state index contributed by atoms with van der Waals surface area (Å²) in [5.41, 5.74) is 1.59. The SMILES string of the molecule is CC(C)(C)C(C)(C)C(C)(C)C.CC(C)(C)C(C)(O)C(C)(C)C.CCCC(C)(C(C)(C)C)C(C)(C)C. The second kappa shape index (κ2) is 11.8. The highest BCUT2D eigenvalue weighted by Crippen LogP contribution is 2.54. The molecule has 0 amide bonds. The minimum absolute atomic E-state index is 0.0642. The third-order valence-corrected chi connectivity index (χ3v) is 10.7. The van der Waals surface area contributed by atoms with Gasteiger partial charge in [-0.1, -0.05) is 159 Å². The summed E-state index contributed by atoms with van der Waals surface area (Å²) < 4.78 is 0. The Labute approximate surface area is 226 Å². The van der Waals surface area contributed by atoms with Crippen LogP contribution in [0.1, 0.15) is 172 Å². The second-order valence-corrected chi connectivity index (χ2v) is 18.3. The average molecular weight is 499 g/mol. The maximum absolute atomic E-state index is 10.2. The molecule has 0 aliphatic carbocycles. The van der Waals surface area contributed by atoms with Gasteiger partial charge < -0.3 is 5.11 Å². The van der Waals surface area contributed by atoms with E-state index in [-0.39, 0.29) is 10.8 Å². The molecule has 35 heavy (non-hydrogen) atoms. The maximum Gasteiger partial charge on any atom is 0.0715 e. The highest BCUT2D eigenvalue weighted by atomic mass is 16.3. The summed E-state index contributed by atoms with van der Waals surface area (Å²) in [6.07, 6.45) is 2.60. The van der Waals surface area contributed by atoms with Crippen LogP contribution >= 0.6 is 0 Å². The lowest BCUT2D eigenvalue weighted by molar-refractivity contribution is -0.121. The van der Waals surface area contributed by atoms with E-state index < -0.39 is 5.60 Å². The first-order chi connectivity index (χ1) is 14.6. The fourth-order valence-electron chi connectivity index (χ4n) is 4.62. The number of hydrogen-bond donors (Lipinski definition) is 1. The molecule has 0 aromatic rings. The van der Waals surface area contributed by atoms with Crippen molar-refractivity contribution in [3.8, 4) is 0 Å². The summed E-state index contributed by atoms with van der Waals surface area (Å²) >= 11 is 0. The van der Waals surface area contributed by atoms with Crippen LogP contribution in [0.2, 0.25) is 0 Å². The fourth-order valence-corrected chi connectivity index (χ4v) is 4.62. The van der Waals surface area contributed by atoms with Gasteiger partial charge in [-0.3, -0.25) is 0 Å². The van der Waals surface area contributed by atoms with Crippen molar-refractivity contribution in [1.82, 2.24) is 0 Å². The summed E-state index contributed by atoms with van der Waals surface area (Å²) in [7, 11) is 0. The zero-order chi connectivity index (χ0) is 29.9. The first-order valence-corrected chi connectivity index (χ1v) is 14.3. The Bertz CT molecular complexity index is 508. The molecule has 0 atom stereocenters. The maximum atomic E-state index is 10.2. The van der Waals surface area contributed by atoms with E-state index in [0.29, 0.717) is 32.5 Å². The molecule has 216 valence electrons. The van der Waals surface area contributed by atoms with E-state index in [0.717, 1.165) is 0 Å². The number of aliphatic hydroxyl groups is 1. The van der Waals surface area contributed by atoms with Crippen LogP contribution in [-0.2, 0) is 0 Å². The highest BCUT2D eigenvalue weighted by molar-refractivity contribution is 4.96. The molecule has 0 spiro atoms. The molecule has 0 fully saturated rings. The predicted molar refractivity (Wildman–Crippen MR) is 164 cm³/mol. The van der Waals surface area contributed by atoms with Gasteiger partial charge in [0.15, 0.2) is 0 Å². The highest BCUT2D eigenvalue weighted by Gasteiger charge is 2.46. The van der Waals surface area contributed by atoms with Crippen LogP contribution in [0.5, 0.6) is 0 Å². The molecule has 1 N–H and O–H groups in total. The minimum atomic E-state index is -0.625. The largest absolute Gasteiger partial charge is 0.389 e. The molecule has 0 saturated heterocycles. The van der Waals surface area contributed by atoms with Crippen molar-refractivity contribution in [3.05, 3.63) is 0 Å². The third-order valence-electron chi connectivity index (χ3n) is 10.7. The lowest BCUT2D eigenvalue weighted by Gasteiger charge is -2.52. The molecule has 0 saturated carbocycles. The predicted octanol–water partition coefficient (Wildman–Crippen LogP) is 11.8. The van der Waals surface area contributed by atoms with Crippen LogP contribution in [0.15, 0.2) is 0 Å². The molecule has 0 aromatic heterocycles. The molecular weight excluding hydrogens is 424 g/mol. The molecule has 0 aliphatic heterocycles. The molecule has 0 radical (unpaired) electrons. The van der Waals surface area contributed by atoms with Gasteiger partial charge in [0.2, 0.25) is 0 Å². The molecule has 0 bridgehead atoms. The van der Waals surface area contributed by atoms with E-state index in [1.807, 2.05) is 6.92 Å². The van der Waals surface area contributed by atoms with E-state index in [4.69, 9.17) is 0 Å². The monoisotopic (exact) mass is 499 g/mol. The number of rotatable bonds is 2. The van der Waals surface area contributed by atoms with Crippen molar-refractivity contribution in [2.75, 3.05) is 0 Å². The van der Waals surface area contributed by atoms with Crippen LogP contribution in [-0.4, -0.2) is 10.7 Å². The summed E-state index contributed by atoms with van der Waals surface area (Å²) in [5.74, 6) is 0. The van der Waals surface area contributed by atoms with Crippen LogP contribution in [0.25, 0.3) is 0 Å². The van der Waals surface area contributed by atoms with Crippen molar-refractivity contribution < 1.29 is 5.11 Å². The molecule has 1 nitrogen and oxygen atoms in total. The normalized spacial score (nSPS) is 15.1. The fraction of sp³-hybridized carbons (Fsp3) is 1.00. The second-order valence-electron chi connectivity index (χ2n) is 18.3. The van der Waals surface area contributed by atoms with Crippen LogP contribution in [0, 0.1) is 43.3 Å². The van der Waals surface area contributed by atoms with Gasteiger partial charge in [-0.15, -0.1) is 0 Å². The van der Waals surface area contributed by atoms with Crippen molar-refractivity contribution in [2.45, 2.75) is 178 Å². The van der Waals surface area contributed by atoms with Crippen molar-refractivity contribution in [3.63, 3.8) is 0 Å². The summed E-state index contributed by atoms with van der Waals surface area (Å²) in [6, 6.07) is 0. The van der Waals surface area contributed by atoms with Gasteiger partial charge in [-0.05, 0) is 56.7 Å². The zero-order valence-electron chi connectivity index (χ0n) is 29.4. The standard InChI is InChI=1S/C13H28.C11H24.C10H22O/c1-9-10-13(8,11(2,3)4)12(5,6)7;1-9(2,3)11(7,8)10(4,5)6;1-8(2,3)10(7,11)9(4,5)6/h9-10H2,1-8H3;1-8H3;11H,1-7H3. The summed E-state index contributed by atoms with van der Waals surface area (Å²) in [6.45, 7) is 51.9. The molecule has 0 heterocycles. The van der Waals surface area contributed by atoms with Crippen LogP contribution in [0.3, 0.4) is 0 Å². The lowest BCUT2D eigenvalue weighted by atomic mass is 9.53. The zero-order valence-corrected chi connectivity index (χ0v) is 29.4. The van der Waals surface area contributed by atoms with Crippen molar-refractivity contribution >= 4 is 0 Å². The van der Waals surface area contributed by atoms with E-state index >= 15 is 0 Å². The third kappa shape index (κ3) is 10.3. The van der Waals surface area contributed by atoms with Crippen LogP contribution < -0.4 is 0 Å². The molecule has 0 rings (SSSR count). The Hall–Kier alpha value is -0.0400.